The van der Waals surface area contributed by atoms with Crippen LogP contribution in [0.1, 0.15) is 5.56 Å². The standard InChI is InChI=1S/C8H8N2.ClH/c9-8-5-6-3-1-2-4-7(6)10-8;/h1-4H,5H2,(H2,9,10);1H. The van der Waals surface area contributed by atoms with E-state index in [1.54, 1.807) is 0 Å². The van der Waals surface area contributed by atoms with E-state index >= 15 is 0 Å². The van der Waals surface area contributed by atoms with E-state index in [9.17, 15) is 0 Å². The van der Waals surface area contributed by atoms with Gasteiger partial charge in [0, 0.05) is 6.42 Å². The van der Waals surface area contributed by atoms with Gasteiger partial charge in [0.05, 0.1) is 5.69 Å². The Hall–Kier alpha value is -1.02. The number of nitrogens with two attached hydrogens (primary N) is 1. The van der Waals surface area contributed by atoms with Crippen molar-refractivity contribution in [2.75, 3.05) is 0 Å². The molecule has 0 fully saturated rings. The van der Waals surface area contributed by atoms with Crippen molar-refractivity contribution < 1.29 is 0 Å². The quantitative estimate of drug-likeness (QED) is 0.629. The van der Waals surface area contributed by atoms with E-state index in [-0.39, 0.29) is 12.4 Å². The lowest BCUT2D eigenvalue weighted by molar-refractivity contribution is 1.37. The summed E-state index contributed by atoms with van der Waals surface area (Å²) >= 11 is 0. The summed E-state index contributed by atoms with van der Waals surface area (Å²) in [5.74, 6) is 0.723. The lowest BCUT2D eigenvalue weighted by Gasteiger charge is -1.91. The van der Waals surface area contributed by atoms with Gasteiger partial charge in [0.1, 0.15) is 5.84 Å². The molecule has 3 heteroatoms. The van der Waals surface area contributed by atoms with Crippen LogP contribution in [-0.2, 0) is 6.42 Å². The summed E-state index contributed by atoms with van der Waals surface area (Å²) in [6, 6.07) is 8.02. The van der Waals surface area contributed by atoms with Gasteiger partial charge >= 0.3 is 0 Å². The maximum atomic E-state index is 5.54. The minimum absolute atomic E-state index is 0. The lowest BCUT2D eigenvalue weighted by atomic mass is 10.1. The maximum Gasteiger partial charge on any atom is 0.104 e. The van der Waals surface area contributed by atoms with Gasteiger partial charge < -0.3 is 5.73 Å². The number of rotatable bonds is 0. The van der Waals surface area contributed by atoms with Gasteiger partial charge in [-0.05, 0) is 11.6 Å². The highest BCUT2D eigenvalue weighted by atomic mass is 35.5. The fraction of sp³-hybridized carbons (Fsp3) is 0.125. The van der Waals surface area contributed by atoms with Crippen LogP contribution in [0.25, 0.3) is 0 Å². The zero-order chi connectivity index (χ0) is 6.97. The summed E-state index contributed by atoms with van der Waals surface area (Å²) in [6.07, 6.45) is 0.816. The zero-order valence-electron chi connectivity index (χ0n) is 5.95. The second-order valence-corrected chi connectivity index (χ2v) is 2.41. The first-order chi connectivity index (χ1) is 4.86. The van der Waals surface area contributed by atoms with E-state index in [2.05, 4.69) is 11.1 Å². The molecule has 0 aromatic heterocycles. The van der Waals surface area contributed by atoms with E-state index in [0.29, 0.717) is 0 Å². The Kier molecular flexibility index (Phi) is 2.15. The average molecular weight is 169 g/mol. The smallest absolute Gasteiger partial charge is 0.104 e. The van der Waals surface area contributed by atoms with E-state index in [4.69, 9.17) is 5.73 Å². The van der Waals surface area contributed by atoms with Crippen molar-refractivity contribution in [1.82, 2.24) is 0 Å². The van der Waals surface area contributed by atoms with Crippen molar-refractivity contribution in [2.24, 2.45) is 10.7 Å². The van der Waals surface area contributed by atoms with Gasteiger partial charge in [0.25, 0.3) is 0 Å². The molecule has 1 aromatic carbocycles. The van der Waals surface area contributed by atoms with Crippen LogP contribution in [0.5, 0.6) is 0 Å². The van der Waals surface area contributed by atoms with Crippen molar-refractivity contribution in [3.8, 4) is 0 Å². The molecule has 58 valence electrons. The van der Waals surface area contributed by atoms with Gasteiger partial charge in [0.15, 0.2) is 0 Å². The highest BCUT2D eigenvalue weighted by molar-refractivity contribution is 5.90. The molecule has 0 unspecified atom stereocenters. The molecule has 2 rings (SSSR count). The van der Waals surface area contributed by atoms with Gasteiger partial charge in [-0.2, -0.15) is 0 Å². The molecule has 0 saturated heterocycles. The monoisotopic (exact) mass is 168 g/mol. The van der Waals surface area contributed by atoms with Gasteiger partial charge in [-0.15, -0.1) is 12.4 Å². The third kappa shape index (κ3) is 1.35. The second-order valence-electron chi connectivity index (χ2n) is 2.41. The van der Waals surface area contributed by atoms with E-state index < -0.39 is 0 Å². The van der Waals surface area contributed by atoms with Crippen molar-refractivity contribution in [3.63, 3.8) is 0 Å². The van der Waals surface area contributed by atoms with Crippen LogP contribution in [0, 0.1) is 0 Å². The molecule has 1 aromatic rings. The Labute approximate surface area is 71.5 Å². The molecule has 0 amide bonds. The number of aliphatic imine (C=N–C) groups is 1. The number of fused-ring (bicyclic) bond motifs is 1. The van der Waals surface area contributed by atoms with Crippen LogP contribution in [0.15, 0.2) is 29.3 Å². The minimum atomic E-state index is 0. The van der Waals surface area contributed by atoms with Crippen molar-refractivity contribution in [2.45, 2.75) is 6.42 Å². The number of halogens is 1. The lowest BCUT2D eigenvalue weighted by Crippen LogP contribution is -2.09. The minimum Gasteiger partial charge on any atom is -0.387 e. The van der Waals surface area contributed by atoms with Gasteiger partial charge in [0.2, 0.25) is 0 Å². The molecule has 0 atom stereocenters. The summed E-state index contributed by atoms with van der Waals surface area (Å²) in [7, 11) is 0. The summed E-state index contributed by atoms with van der Waals surface area (Å²) < 4.78 is 0. The Morgan fingerprint density at radius 1 is 1.27 bits per heavy atom. The third-order valence-electron chi connectivity index (χ3n) is 1.63. The first-order valence-corrected chi connectivity index (χ1v) is 3.27. The summed E-state index contributed by atoms with van der Waals surface area (Å²) in [6.45, 7) is 0. The highest BCUT2D eigenvalue weighted by Crippen LogP contribution is 2.23. The fourth-order valence-electron chi connectivity index (χ4n) is 1.16. The predicted octanol–water partition coefficient (Wildman–Crippen LogP) is 1.65. The van der Waals surface area contributed by atoms with Gasteiger partial charge in [-0.3, -0.25) is 0 Å². The number of amidine groups is 1. The van der Waals surface area contributed by atoms with E-state index in [1.165, 1.54) is 5.56 Å². The second kappa shape index (κ2) is 2.93. The molecular formula is C8H9ClN2. The molecular weight excluding hydrogens is 160 g/mol. The Bertz CT molecular complexity index is 294. The van der Waals surface area contributed by atoms with Crippen LogP contribution in [0.3, 0.4) is 0 Å². The molecule has 2 nitrogen and oxygen atoms in total. The topological polar surface area (TPSA) is 38.4 Å². The predicted molar refractivity (Wildman–Crippen MR) is 48.7 cm³/mol. The third-order valence-corrected chi connectivity index (χ3v) is 1.63. The van der Waals surface area contributed by atoms with Crippen LogP contribution < -0.4 is 5.73 Å². The summed E-state index contributed by atoms with van der Waals surface area (Å²) in [5, 5.41) is 0. The number of para-hydroxylation sites is 1. The molecule has 0 saturated carbocycles. The van der Waals surface area contributed by atoms with E-state index in [1.807, 2.05) is 18.2 Å². The zero-order valence-corrected chi connectivity index (χ0v) is 6.77. The summed E-state index contributed by atoms with van der Waals surface area (Å²) in [5.41, 5.74) is 7.80. The molecule has 0 radical (unpaired) electrons. The Morgan fingerprint density at radius 2 is 2.00 bits per heavy atom. The fourth-order valence-corrected chi connectivity index (χ4v) is 1.16. The number of nitrogens with zero attached hydrogens (tertiary/aromatic N) is 1. The maximum absolute atomic E-state index is 5.54. The van der Waals surface area contributed by atoms with Crippen LogP contribution in [0.4, 0.5) is 5.69 Å². The van der Waals surface area contributed by atoms with Gasteiger partial charge in [-0.25, -0.2) is 4.99 Å². The molecule has 11 heavy (non-hydrogen) atoms. The molecule has 0 bridgehead atoms. The van der Waals surface area contributed by atoms with Crippen molar-refractivity contribution >= 4 is 23.9 Å². The molecule has 1 heterocycles. The summed E-state index contributed by atoms with van der Waals surface area (Å²) in [4.78, 5) is 4.15. The average Bonchev–Trinajstić information content (AvgIpc) is 2.27. The molecule has 1 aliphatic rings. The molecule has 2 N–H and O–H groups in total. The first-order valence-electron chi connectivity index (χ1n) is 3.27. The van der Waals surface area contributed by atoms with E-state index in [0.717, 1.165) is 17.9 Å². The molecule has 0 spiro atoms. The first kappa shape index (κ1) is 8.08. The largest absolute Gasteiger partial charge is 0.387 e. The van der Waals surface area contributed by atoms with Crippen LogP contribution in [-0.4, -0.2) is 5.84 Å². The Balaban J connectivity index is 0.000000605. The SMILES string of the molecule is Cl.NC1=Nc2ccccc2C1. The van der Waals surface area contributed by atoms with Crippen LogP contribution in [0.2, 0.25) is 0 Å². The normalized spacial score (nSPS) is 13.3. The van der Waals surface area contributed by atoms with Gasteiger partial charge in [-0.1, -0.05) is 18.2 Å². The highest BCUT2D eigenvalue weighted by Gasteiger charge is 2.09. The van der Waals surface area contributed by atoms with Crippen molar-refractivity contribution in [3.05, 3.63) is 29.8 Å². The Morgan fingerprint density at radius 3 is 2.73 bits per heavy atom. The number of benzene rings is 1. The number of hydrogen-bond donors (Lipinski definition) is 1. The molecule has 0 aliphatic carbocycles. The van der Waals surface area contributed by atoms with Crippen LogP contribution >= 0.6 is 12.4 Å². The van der Waals surface area contributed by atoms with Crippen molar-refractivity contribution in [1.29, 1.82) is 0 Å². The number of hydrogen-bond acceptors (Lipinski definition) is 2. The molecule has 1 aliphatic heterocycles.